The second kappa shape index (κ2) is 3.25. The van der Waals surface area contributed by atoms with Crippen LogP contribution in [0.1, 0.15) is 37.7 Å². The molecular weight excluding hydrogens is 158 g/mol. The molecule has 0 radical (unpaired) electrons. The van der Waals surface area contributed by atoms with Crippen molar-refractivity contribution in [1.82, 2.24) is 4.98 Å². The van der Waals surface area contributed by atoms with Gasteiger partial charge < -0.3 is 4.98 Å². The Bertz CT molecular complexity index is 298. The Balaban J connectivity index is 3.21. The van der Waals surface area contributed by atoms with Crippen LogP contribution >= 0.6 is 0 Å². The lowest BCUT2D eigenvalue weighted by Gasteiger charge is -2.15. The van der Waals surface area contributed by atoms with Gasteiger partial charge in [0.25, 0.3) is 0 Å². The van der Waals surface area contributed by atoms with Crippen molar-refractivity contribution >= 4 is 12.2 Å². The molecule has 0 atom stereocenters. The van der Waals surface area contributed by atoms with Crippen molar-refractivity contribution in [2.75, 3.05) is 0 Å². The number of nitrogens with one attached hydrogen (secondary N) is 1. The van der Waals surface area contributed by atoms with Crippen LogP contribution in [0.15, 0.2) is 19.2 Å². The molecule has 0 unspecified atom stereocenters. The summed E-state index contributed by atoms with van der Waals surface area (Å²) in [7, 11) is 0. The summed E-state index contributed by atoms with van der Waals surface area (Å²) >= 11 is 0. The number of aromatic amines is 1. The highest BCUT2D eigenvalue weighted by Crippen LogP contribution is 2.24. The lowest BCUT2D eigenvalue weighted by atomic mass is 9.92. The van der Waals surface area contributed by atoms with E-state index >= 15 is 0 Å². The molecular formula is C12H17N. The summed E-state index contributed by atoms with van der Waals surface area (Å²) in [5.74, 6) is 0. The van der Waals surface area contributed by atoms with Gasteiger partial charge in [0.1, 0.15) is 0 Å². The normalized spacial score (nSPS) is 11.3. The molecule has 0 saturated heterocycles. The van der Waals surface area contributed by atoms with E-state index < -0.39 is 0 Å². The predicted molar refractivity (Wildman–Crippen MR) is 59.7 cm³/mol. The Kier molecular flexibility index (Phi) is 2.46. The zero-order valence-electron chi connectivity index (χ0n) is 8.65. The fourth-order valence-electron chi connectivity index (χ4n) is 1.23. The minimum atomic E-state index is 0.152. The van der Waals surface area contributed by atoms with Gasteiger partial charge in [0.2, 0.25) is 0 Å². The third-order valence-corrected chi connectivity index (χ3v) is 2.11. The number of H-pyrrole nitrogens is 1. The first-order valence-electron chi connectivity index (χ1n) is 4.47. The first-order chi connectivity index (χ1) is 5.99. The Morgan fingerprint density at radius 3 is 2.15 bits per heavy atom. The zero-order valence-corrected chi connectivity index (χ0v) is 8.65. The van der Waals surface area contributed by atoms with Gasteiger partial charge in [-0.15, -0.1) is 0 Å². The molecule has 0 aliphatic carbocycles. The number of aromatic nitrogens is 1. The lowest BCUT2D eigenvalue weighted by molar-refractivity contribution is 0.572. The van der Waals surface area contributed by atoms with E-state index in [2.05, 4.69) is 45.0 Å². The van der Waals surface area contributed by atoms with Gasteiger partial charge in [-0.1, -0.05) is 40.0 Å². The monoisotopic (exact) mass is 175 g/mol. The van der Waals surface area contributed by atoms with Crippen LogP contribution in [0.25, 0.3) is 12.2 Å². The van der Waals surface area contributed by atoms with Crippen molar-refractivity contribution in [3.8, 4) is 0 Å². The van der Waals surface area contributed by atoms with Gasteiger partial charge in [0, 0.05) is 16.8 Å². The fraction of sp³-hybridized carbons (Fsp3) is 0.333. The van der Waals surface area contributed by atoms with Crippen LogP contribution in [0.4, 0.5) is 0 Å². The van der Waals surface area contributed by atoms with Crippen LogP contribution in [-0.2, 0) is 5.41 Å². The molecule has 0 aliphatic rings. The van der Waals surface area contributed by atoms with Crippen LogP contribution in [0.2, 0.25) is 0 Å². The van der Waals surface area contributed by atoms with E-state index in [1.165, 1.54) is 5.69 Å². The summed E-state index contributed by atoms with van der Waals surface area (Å²) in [5.41, 5.74) is 3.55. The molecule has 1 aromatic heterocycles. The van der Waals surface area contributed by atoms with E-state index in [1.54, 1.807) is 0 Å². The standard InChI is InChI=1S/C12H17N/c1-6-9-8-11(12(3,4)5)13-10(9)7-2/h6-8,13H,1-2H2,3-5H3. The van der Waals surface area contributed by atoms with Crippen molar-refractivity contribution in [3.63, 3.8) is 0 Å². The molecule has 0 saturated carbocycles. The molecule has 1 aromatic rings. The number of hydrogen-bond donors (Lipinski definition) is 1. The quantitative estimate of drug-likeness (QED) is 0.707. The molecule has 0 aromatic carbocycles. The topological polar surface area (TPSA) is 15.8 Å². The van der Waals surface area contributed by atoms with Gasteiger partial charge in [0.05, 0.1) is 0 Å². The summed E-state index contributed by atoms with van der Waals surface area (Å²) in [5, 5.41) is 0. The van der Waals surface area contributed by atoms with Gasteiger partial charge in [0.15, 0.2) is 0 Å². The van der Waals surface area contributed by atoms with E-state index in [9.17, 15) is 0 Å². The van der Waals surface area contributed by atoms with Crippen molar-refractivity contribution < 1.29 is 0 Å². The maximum absolute atomic E-state index is 3.77. The fourth-order valence-corrected chi connectivity index (χ4v) is 1.23. The first-order valence-corrected chi connectivity index (χ1v) is 4.47. The summed E-state index contributed by atoms with van der Waals surface area (Å²) in [6.07, 6.45) is 3.68. The molecule has 0 spiro atoms. The third-order valence-electron chi connectivity index (χ3n) is 2.11. The molecule has 1 rings (SSSR count). The van der Waals surface area contributed by atoms with Gasteiger partial charge >= 0.3 is 0 Å². The number of rotatable bonds is 2. The Labute approximate surface area is 80.2 Å². The molecule has 0 aliphatic heterocycles. The molecule has 1 N–H and O–H groups in total. The average molecular weight is 175 g/mol. The van der Waals surface area contributed by atoms with Crippen molar-refractivity contribution in [2.45, 2.75) is 26.2 Å². The van der Waals surface area contributed by atoms with Crippen LogP contribution in [0, 0.1) is 0 Å². The molecule has 0 bridgehead atoms. The summed E-state index contributed by atoms with van der Waals surface area (Å²) in [6, 6.07) is 2.13. The maximum atomic E-state index is 3.77. The van der Waals surface area contributed by atoms with Crippen LogP contribution in [0.3, 0.4) is 0 Å². The largest absolute Gasteiger partial charge is 0.358 e. The second-order valence-corrected chi connectivity index (χ2v) is 4.21. The third kappa shape index (κ3) is 1.92. The van der Waals surface area contributed by atoms with Gasteiger partial charge in [-0.3, -0.25) is 0 Å². The van der Waals surface area contributed by atoms with Crippen LogP contribution in [-0.4, -0.2) is 4.98 Å². The molecule has 13 heavy (non-hydrogen) atoms. The Morgan fingerprint density at radius 2 is 1.85 bits per heavy atom. The molecule has 0 fully saturated rings. The molecule has 70 valence electrons. The molecule has 1 nitrogen and oxygen atoms in total. The molecule has 0 amide bonds. The van der Waals surface area contributed by atoms with E-state index in [0.717, 1.165) is 11.3 Å². The Hall–Kier alpha value is -1.24. The van der Waals surface area contributed by atoms with Crippen molar-refractivity contribution in [2.24, 2.45) is 0 Å². The van der Waals surface area contributed by atoms with E-state index in [4.69, 9.17) is 0 Å². The number of hydrogen-bond acceptors (Lipinski definition) is 0. The zero-order chi connectivity index (χ0) is 10.1. The van der Waals surface area contributed by atoms with Crippen LogP contribution < -0.4 is 0 Å². The lowest BCUT2D eigenvalue weighted by Crippen LogP contribution is -2.11. The van der Waals surface area contributed by atoms with Crippen LogP contribution in [0.5, 0.6) is 0 Å². The van der Waals surface area contributed by atoms with Crippen molar-refractivity contribution in [1.29, 1.82) is 0 Å². The minimum Gasteiger partial charge on any atom is -0.358 e. The molecule has 1 heteroatoms. The highest BCUT2D eigenvalue weighted by molar-refractivity contribution is 5.62. The smallest absolute Gasteiger partial charge is 0.0450 e. The summed E-state index contributed by atoms with van der Waals surface area (Å²) in [4.78, 5) is 3.33. The highest BCUT2D eigenvalue weighted by atomic mass is 14.7. The Morgan fingerprint density at radius 1 is 1.23 bits per heavy atom. The molecule has 1 heterocycles. The SMILES string of the molecule is C=Cc1cc(C(C)(C)C)[nH]c1C=C. The summed E-state index contributed by atoms with van der Waals surface area (Å²) in [6.45, 7) is 14.1. The minimum absolute atomic E-state index is 0.152. The average Bonchev–Trinajstić information content (AvgIpc) is 2.45. The van der Waals surface area contributed by atoms with Gasteiger partial charge in [-0.05, 0) is 17.7 Å². The van der Waals surface area contributed by atoms with Gasteiger partial charge in [-0.25, -0.2) is 0 Å². The highest BCUT2D eigenvalue weighted by Gasteiger charge is 2.16. The predicted octanol–water partition coefficient (Wildman–Crippen LogP) is 3.60. The summed E-state index contributed by atoms with van der Waals surface area (Å²) < 4.78 is 0. The first kappa shape index (κ1) is 9.85. The van der Waals surface area contributed by atoms with Gasteiger partial charge in [-0.2, -0.15) is 0 Å². The van der Waals surface area contributed by atoms with Crippen molar-refractivity contribution in [3.05, 3.63) is 36.2 Å². The van der Waals surface area contributed by atoms with E-state index in [-0.39, 0.29) is 5.41 Å². The van der Waals surface area contributed by atoms with E-state index in [0.29, 0.717) is 0 Å². The van der Waals surface area contributed by atoms with E-state index in [1.807, 2.05) is 12.2 Å². The second-order valence-electron chi connectivity index (χ2n) is 4.21. The maximum Gasteiger partial charge on any atom is 0.0450 e.